The van der Waals surface area contributed by atoms with E-state index in [9.17, 15) is 12.9 Å². The molecule has 220 valence electrons. The van der Waals surface area contributed by atoms with Crippen LogP contribution in [0, 0.1) is 0 Å². The van der Waals surface area contributed by atoms with Crippen molar-refractivity contribution >= 4 is 26.1 Å². The lowest BCUT2D eigenvalue weighted by Crippen LogP contribution is -3.00. The van der Waals surface area contributed by atoms with Crippen LogP contribution in [-0.2, 0) is 0 Å². The normalized spacial score (nSPS) is 18.5. The van der Waals surface area contributed by atoms with Crippen molar-refractivity contribution in [1.29, 1.82) is 0 Å². The molecule has 0 aliphatic heterocycles. The van der Waals surface area contributed by atoms with Crippen molar-refractivity contribution in [2.45, 2.75) is 97.3 Å². The smallest absolute Gasteiger partial charge is 0.762 e. The summed E-state index contributed by atoms with van der Waals surface area (Å²) in [4.78, 5) is 5.52. The molecule has 0 spiro atoms. The highest BCUT2D eigenvalue weighted by Gasteiger charge is 2.61. The first-order valence-corrected chi connectivity index (χ1v) is 14.8. The van der Waals surface area contributed by atoms with Crippen LogP contribution in [0.2, 0.25) is 0 Å². The van der Waals surface area contributed by atoms with E-state index in [1.165, 1.54) is 10.6 Å². The Morgan fingerprint density at radius 3 is 1.08 bits per heavy atom. The molecule has 0 N–H and O–H groups in total. The molecule has 2 aromatic carbocycles. The number of rotatable bonds is 11. The van der Waals surface area contributed by atoms with E-state index >= 15 is 0 Å². The zero-order chi connectivity index (χ0) is 28.7. The monoisotopic (exact) mass is 571 g/mol. The van der Waals surface area contributed by atoms with E-state index < -0.39 is 15.5 Å². The molecule has 2 atom stereocenters. The van der Waals surface area contributed by atoms with Gasteiger partial charge in [0.2, 0.25) is 0 Å². The molecule has 3 rings (SSSR count). The molecule has 0 saturated heterocycles. The van der Waals surface area contributed by atoms with Gasteiger partial charge in [-0.3, -0.25) is 22.7 Å². The van der Waals surface area contributed by atoms with Gasteiger partial charge in [-0.05, 0) is 98.2 Å². The minimum Gasteiger partial charge on any atom is -1.00 e. The lowest BCUT2D eigenvalue weighted by atomic mass is 10.2. The number of ether oxygens (including phenoxy) is 2. The zero-order valence-electron chi connectivity index (χ0n) is 24.9. The van der Waals surface area contributed by atoms with E-state index in [1.807, 2.05) is 0 Å². The van der Waals surface area contributed by atoms with Gasteiger partial charge in [0.1, 0.15) is 11.5 Å². The summed E-state index contributed by atoms with van der Waals surface area (Å²) >= 11 is 0. The molecule has 1 aliphatic rings. The molecule has 0 aromatic heterocycles. The van der Waals surface area contributed by atoms with E-state index in [0.29, 0.717) is 41.9 Å². The van der Waals surface area contributed by atoms with Gasteiger partial charge < -0.3 is 14.2 Å². The van der Waals surface area contributed by atoms with Gasteiger partial charge in [0, 0.05) is 41.9 Å². The van der Waals surface area contributed by atoms with Crippen molar-refractivity contribution in [2.24, 2.45) is 0 Å². The Hall–Kier alpha value is -1.83. The van der Waals surface area contributed by atoms with Crippen LogP contribution in [0.4, 0.5) is 12.9 Å². The fraction of sp³-hybridized carbons (Fsp3) is 0.586. The van der Waals surface area contributed by atoms with E-state index in [2.05, 4.69) is 114 Å². The minimum atomic E-state index is -3.67. The van der Waals surface area contributed by atoms with Gasteiger partial charge in [0.15, 0.2) is 0 Å². The molecule has 0 radical (unpaired) electrons. The molecule has 0 amide bonds. The Morgan fingerprint density at radius 2 is 0.872 bits per heavy atom. The predicted octanol–water partition coefficient (Wildman–Crippen LogP) is 3.38. The third-order valence-electron chi connectivity index (χ3n) is 6.98. The molecule has 1 fully saturated rings. The molecule has 39 heavy (non-hydrogen) atoms. The maximum atomic E-state index is 9.67. The van der Waals surface area contributed by atoms with Gasteiger partial charge in [-0.2, -0.15) is 0 Å². The van der Waals surface area contributed by atoms with Crippen molar-refractivity contribution < 1.29 is 27.1 Å². The van der Waals surface area contributed by atoms with Crippen LogP contribution < -0.4 is 24.8 Å². The second kappa shape index (κ2) is 15.8. The average Bonchev–Trinajstić information content (AvgIpc) is 3.51. The maximum Gasteiger partial charge on any atom is 0.762 e. The number of nitrogens with zero attached hydrogens (tertiary/aromatic N) is 2. The molecule has 1 saturated carbocycles. The van der Waals surface area contributed by atoms with Crippen LogP contribution >= 0.6 is 7.92 Å². The van der Waals surface area contributed by atoms with Crippen molar-refractivity contribution in [1.82, 2.24) is 9.80 Å². The second-order valence-electron chi connectivity index (χ2n) is 10.8. The zero-order valence-corrected chi connectivity index (χ0v) is 25.8. The SMILES string of the molecule is COc1ccc(P(c2ccc(OC)cc2)C2C(N(C(C)C)C(C)C)C2N(C(C)C)C(C)C)cc1.FB(F)F.[F-]. The van der Waals surface area contributed by atoms with Crippen LogP contribution in [0.1, 0.15) is 55.4 Å². The Morgan fingerprint density at radius 1 is 0.615 bits per heavy atom. The molecule has 1 aliphatic carbocycles. The van der Waals surface area contributed by atoms with Gasteiger partial charge >= 0.3 is 7.54 Å². The predicted molar refractivity (Wildman–Crippen MR) is 157 cm³/mol. The molecule has 4 nitrogen and oxygen atoms in total. The summed E-state index contributed by atoms with van der Waals surface area (Å²) in [6.45, 7) is 18.8. The summed E-state index contributed by atoms with van der Waals surface area (Å²) < 4.78 is 40.0. The topological polar surface area (TPSA) is 24.9 Å². The molecule has 0 bridgehead atoms. The Bertz CT molecular complexity index is 873. The van der Waals surface area contributed by atoms with Crippen LogP contribution in [0.15, 0.2) is 48.5 Å². The average molecular weight is 571 g/mol. The Labute approximate surface area is 234 Å². The van der Waals surface area contributed by atoms with E-state index in [1.54, 1.807) is 14.2 Å². The fourth-order valence-corrected chi connectivity index (χ4v) is 8.92. The van der Waals surface area contributed by atoms with E-state index in [4.69, 9.17) is 9.47 Å². The van der Waals surface area contributed by atoms with Crippen LogP contribution in [0.5, 0.6) is 11.5 Å². The third-order valence-corrected chi connectivity index (χ3v) is 9.90. The number of hydrogen-bond donors (Lipinski definition) is 0. The molecular weight excluding hydrogens is 526 g/mol. The molecule has 2 aromatic rings. The van der Waals surface area contributed by atoms with E-state index in [0.717, 1.165) is 11.5 Å². The van der Waals surface area contributed by atoms with E-state index in [-0.39, 0.29) is 4.70 Å². The van der Waals surface area contributed by atoms with Crippen LogP contribution in [0.3, 0.4) is 0 Å². The van der Waals surface area contributed by atoms with Gasteiger partial charge in [-0.15, -0.1) is 0 Å². The first-order valence-electron chi connectivity index (χ1n) is 13.4. The van der Waals surface area contributed by atoms with Crippen molar-refractivity contribution in [3.05, 3.63) is 48.5 Å². The van der Waals surface area contributed by atoms with Gasteiger partial charge in [-0.1, -0.05) is 24.3 Å². The summed E-state index contributed by atoms with van der Waals surface area (Å²) in [5.41, 5.74) is 0.561. The molecule has 0 heterocycles. The minimum absolute atomic E-state index is 0. The quantitative estimate of drug-likeness (QED) is 0.235. The Balaban J connectivity index is 0.00000142. The summed E-state index contributed by atoms with van der Waals surface area (Å²) in [5, 5.41) is 2.83. The highest BCUT2D eigenvalue weighted by atomic mass is 31.1. The lowest BCUT2D eigenvalue weighted by Gasteiger charge is -2.35. The first-order chi connectivity index (χ1) is 17.8. The molecule has 2 unspecified atom stereocenters. The van der Waals surface area contributed by atoms with Gasteiger partial charge in [-0.25, -0.2) is 0 Å². The Kier molecular flexibility index (Phi) is 14.3. The summed E-state index contributed by atoms with van der Waals surface area (Å²) in [6.07, 6.45) is 0. The molecule has 10 heteroatoms. The van der Waals surface area contributed by atoms with Crippen LogP contribution in [-0.4, -0.2) is 73.5 Å². The number of hydrogen-bond acceptors (Lipinski definition) is 4. The largest absolute Gasteiger partial charge is 1.00 e. The fourth-order valence-electron chi connectivity index (χ4n) is 5.82. The summed E-state index contributed by atoms with van der Waals surface area (Å²) in [6, 6.07) is 20.7. The highest BCUT2D eigenvalue weighted by molar-refractivity contribution is 7.74. The molecular formula is C29H45BF4N2O2P-. The lowest BCUT2D eigenvalue weighted by molar-refractivity contribution is -0.0000127. The van der Waals surface area contributed by atoms with Crippen LogP contribution in [0.25, 0.3) is 0 Å². The van der Waals surface area contributed by atoms with Gasteiger partial charge in [0.05, 0.1) is 14.2 Å². The van der Waals surface area contributed by atoms with Gasteiger partial charge in [0.25, 0.3) is 0 Å². The number of halogens is 4. The summed E-state index contributed by atoms with van der Waals surface area (Å²) in [5.74, 6) is 1.82. The second-order valence-corrected chi connectivity index (χ2v) is 13.1. The maximum absolute atomic E-state index is 9.67. The number of methoxy groups -OCH3 is 2. The first kappa shape index (κ1) is 35.2. The third kappa shape index (κ3) is 9.09. The van der Waals surface area contributed by atoms with Crippen molar-refractivity contribution in [2.75, 3.05) is 14.2 Å². The van der Waals surface area contributed by atoms with Crippen molar-refractivity contribution in [3.8, 4) is 11.5 Å². The number of benzene rings is 2. The summed E-state index contributed by atoms with van der Waals surface area (Å²) in [7, 11) is -0.764. The van der Waals surface area contributed by atoms with Crippen molar-refractivity contribution in [3.63, 3.8) is 0 Å². The standard InChI is InChI=1S/C29H45N2O2P.BF3.FH/c1-19(2)30(20(3)4)27-28(31(21(5)6)22(7)8)29(27)34(25-15-11-23(32-9)12-16-25)26-17-13-24(33-10)14-18-26;2-1(3)4;/h11-22,27-29H,1-10H3;;1H/p-1. The highest BCUT2D eigenvalue weighted by Crippen LogP contribution is 2.57.